The van der Waals surface area contributed by atoms with Gasteiger partial charge in [0.1, 0.15) is 5.01 Å². The lowest BCUT2D eigenvalue weighted by molar-refractivity contribution is 0.0963. The van der Waals surface area contributed by atoms with Crippen LogP contribution in [0.25, 0.3) is 0 Å². The minimum atomic E-state index is -0.0658. The number of thiazole rings is 1. The first kappa shape index (κ1) is 24.4. The summed E-state index contributed by atoms with van der Waals surface area (Å²) < 4.78 is 0. The zero-order valence-electron chi connectivity index (χ0n) is 16.9. The molecule has 28 heavy (non-hydrogen) atoms. The van der Waals surface area contributed by atoms with Crippen molar-refractivity contribution in [1.82, 2.24) is 20.9 Å². The van der Waals surface area contributed by atoms with E-state index in [1.54, 1.807) is 18.4 Å². The number of halogens is 1. The number of benzene rings is 1. The van der Waals surface area contributed by atoms with Gasteiger partial charge in [0, 0.05) is 31.1 Å². The zero-order chi connectivity index (χ0) is 19.6. The molecule has 0 bridgehead atoms. The van der Waals surface area contributed by atoms with Crippen LogP contribution in [-0.2, 0) is 13.0 Å². The summed E-state index contributed by atoms with van der Waals surface area (Å²) in [6.07, 6.45) is 0.810. The number of carbonyl (C=O) groups excluding carboxylic acids is 1. The fourth-order valence-corrected chi connectivity index (χ4v) is 3.37. The van der Waals surface area contributed by atoms with Gasteiger partial charge in [-0.2, -0.15) is 0 Å². The Labute approximate surface area is 188 Å². The first-order valence-corrected chi connectivity index (χ1v) is 10.2. The van der Waals surface area contributed by atoms with Gasteiger partial charge < -0.3 is 16.0 Å². The monoisotopic (exact) mass is 515 g/mol. The topological polar surface area (TPSA) is 78.4 Å². The van der Waals surface area contributed by atoms with Crippen LogP contribution in [0.2, 0.25) is 0 Å². The third-order valence-electron chi connectivity index (χ3n) is 4.00. The van der Waals surface area contributed by atoms with Crippen LogP contribution in [0.15, 0.2) is 34.6 Å². The number of nitrogens with zero attached hydrogens (tertiary/aromatic N) is 2. The number of amides is 1. The number of aromatic nitrogens is 1. The smallest absolute Gasteiger partial charge is 0.251 e. The van der Waals surface area contributed by atoms with E-state index >= 15 is 0 Å². The van der Waals surface area contributed by atoms with E-state index in [2.05, 4.69) is 45.2 Å². The van der Waals surface area contributed by atoms with Crippen LogP contribution in [0.4, 0.5) is 0 Å². The molecule has 1 amide bonds. The zero-order valence-corrected chi connectivity index (χ0v) is 20.1. The largest absolute Gasteiger partial charge is 0.357 e. The maximum absolute atomic E-state index is 11.7. The number of carbonyl (C=O) groups is 1. The Morgan fingerprint density at radius 3 is 2.71 bits per heavy atom. The molecule has 1 aromatic carbocycles. The van der Waals surface area contributed by atoms with Crippen LogP contribution in [0.5, 0.6) is 0 Å². The maximum Gasteiger partial charge on any atom is 0.251 e. The van der Waals surface area contributed by atoms with E-state index in [0.29, 0.717) is 18.0 Å². The van der Waals surface area contributed by atoms with E-state index in [-0.39, 0.29) is 29.9 Å². The highest BCUT2D eigenvalue weighted by atomic mass is 127. The molecule has 0 aliphatic carbocycles. The molecule has 2 aromatic rings. The van der Waals surface area contributed by atoms with E-state index in [1.807, 2.05) is 31.2 Å². The van der Waals surface area contributed by atoms with E-state index < -0.39 is 0 Å². The molecular formula is C20H30IN5OS. The quantitative estimate of drug-likeness (QED) is 0.286. The number of rotatable bonds is 8. The Morgan fingerprint density at radius 1 is 1.29 bits per heavy atom. The molecule has 1 heterocycles. The normalized spacial score (nSPS) is 11.1. The molecule has 3 N–H and O–H groups in total. The van der Waals surface area contributed by atoms with Gasteiger partial charge in [0.05, 0.1) is 12.2 Å². The summed E-state index contributed by atoms with van der Waals surface area (Å²) in [6.45, 7) is 8.44. The molecule has 0 saturated heterocycles. The lowest BCUT2D eigenvalue weighted by atomic mass is 10.1. The highest BCUT2D eigenvalue weighted by molar-refractivity contribution is 14.0. The van der Waals surface area contributed by atoms with E-state index in [0.717, 1.165) is 41.7 Å². The average molecular weight is 515 g/mol. The average Bonchev–Trinajstić information content (AvgIpc) is 3.15. The minimum absolute atomic E-state index is 0. The van der Waals surface area contributed by atoms with Gasteiger partial charge in [-0.15, -0.1) is 35.3 Å². The summed E-state index contributed by atoms with van der Waals surface area (Å²) in [5.74, 6) is 1.15. The molecule has 1 aromatic heterocycles. The fourth-order valence-electron chi connectivity index (χ4n) is 2.49. The summed E-state index contributed by atoms with van der Waals surface area (Å²) in [7, 11) is 1.64. The molecule has 0 fully saturated rings. The van der Waals surface area contributed by atoms with Crippen LogP contribution < -0.4 is 16.0 Å². The highest BCUT2D eigenvalue weighted by Crippen LogP contribution is 2.18. The second kappa shape index (κ2) is 12.7. The second-order valence-corrected chi connectivity index (χ2v) is 7.41. The standard InChI is InChI=1S/C20H29N5OS.HI/c1-5-22-20(24-12-18-25-17(13-27-18)14(2)3)23-10-9-15-7-6-8-16(11-15)19(26)21-4;/h6-8,11,13-14H,5,9-10,12H2,1-4H3,(H,21,26)(H2,22,23,24);1H. The second-order valence-electron chi connectivity index (χ2n) is 6.47. The molecule has 2 rings (SSSR count). The molecule has 0 unspecified atom stereocenters. The molecule has 0 aliphatic rings. The molecule has 8 heteroatoms. The summed E-state index contributed by atoms with van der Waals surface area (Å²) in [5, 5.41) is 12.4. The predicted octanol–water partition coefficient (Wildman–Crippen LogP) is 3.54. The van der Waals surface area contributed by atoms with E-state index in [4.69, 9.17) is 0 Å². The maximum atomic E-state index is 11.7. The van der Waals surface area contributed by atoms with Crippen molar-refractivity contribution in [3.05, 3.63) is 51.5 Å². The Bertz CT molecular complexity index is 775. The molecule has 6 nitrogen and oxygen atoms in total. The molecule has 0 spiro atoms. The molecule has 0 saturated carbocycles. The first-order chi connectivity index (χ1) is 13.0. The van der Waals surface area contributed by atoms with Gasteiger partial charge in [0.25, 0.3) is 5.91 Å². The lowest BCUT2D eigenvalue weighted by Crippen LogP contribution is -2.38. The SMILES string of the molecule is CCNC(=NCc1nc(C(C)C)cs1)NCCc1cccc(C(=O)NC)c1.I. The third kappa shape index (κ3) is 7.75. The summed E-state index contributed by atoms with van der Waals surface area (Å²) in [4.78, 5) is 21.0. The van der Waals surface area contributed by atoms with Gasteiger partial charge in [0.15, 0.2) is 5.96 Å². The lowest BCUT2D eigenvalue weighted by Gasteiger charge is -2.11. The summed E-state index contributed by atoms with van der Waals surface area (Å²) in [6, 6.07) is 7.68. The van der Waals surface area contributed by atoms with Gasteiger partial charge in [-0.3, -0.25) is 4.79 Å². The van der Waals surface area contributed by atoms with Gasteiger partial charge in [-0.05, 0) is 37.0 Å². The van der Waals surface area contributed by atoms with Crippen LogP contribution in [0, 0.1) is 0 Å². The molecule has 154 valence electrons. The predicted molar refractivity (Wildman–Crippen MR) is 128 cm³/mol. The van der Waals surface area contributed by atoms with Gasteiger partial charge in [0.2, 0.25) is 0 Å². The third-order valence-corrected chi connectivity index (χ3v) is 4.85. The summed E-state index contributed by atoms with van der Waals surface area (Å²) >= 11 is 1.65. The van der Waals surface area contributed by atoms with Crippen molar-refractivity contribution in [2.45, 2.75) is 39.7 Å². The molecule has 0 aliphatic heterocycles. The van der Waals surface area contributed by atoms with Crippen molar-refractivity contribution < 1.29 is 4.79 Å². The first-order valence-electron chi connectivity index (χ1n) is 9.31. The number of nitrogens with one attached hydrogen (secondary N) is 3. The van der Waals surface area contributed by atoms with Crippen molar-refractivity contribution in [3.63, 3.8) is 0 Å². The number of hydrogen-bond acceptors (Lipinski definition) is 4. The van der Waals surface area contributed by atoms with Crippen LogP contribution in [0.1, 0.15) is 53.3 Å². The Hall–Kier alpha value is -1.68. The minimum Gasteiger partial charge on any atom is -0.357 e. The van der Waals surface area contributed by atoms with Gasteiger partial charge in [-0.1, -0.05) is 26.0 Å². The van der Waals surface area contributed by atoms with E-state index in [9.17, 15) is 4.79 Å². The van der Waals surface area contributed by atoms with Crippen LogP contribution >= 0.6 is 35.3 Å². The van der Waals surface area contributed by atoms with Crippen molar-refractivity contribution in [2.75, 3.05) is 20.1 Å². The fraction of sp³-hybridized carbons (Fsp3) is 0.450. The number of guanidine groups is 1. The Balaban J connectivity index is 0.00000392. The van der Waals surface area contributed by atoms with Crippen molar-refractivity contribution in [2.24, 2.45) is 4.99 Å². The van der Waals surface area contributed by atoms with Crippen LogP contribution in [0.3, 0.4) is 0 Å². The van der Waals surface area contributed by atoms with Gasteiger partial charge >= 0.3 is 0 Å². The molecule has 0 radical (unpaired) electrons. The Morgan fingerprint density at radius 2 is 2.07 bits per heavy atom. The number of aliphatic imine (C=N–C) groups is 1. The van der Waals surface area contributed by atoms with Crippen LogP contribution in [-0.4, -0.2) is 37.0 Å². The Kier molecular flexibility index (Phi) is 11.1. The molecular weight excluding hydrogens is 485 g/mol. The number of hydrogen-bond donors (Lipinski definition) is 3. The summed E-state index contributed by atoms with van der Waals surface area (Å²) in [5.41, 5.74) is 2.92. The van der Waals surface area contributed by atoms with Crippen molar-refractivity contribution in [1.29, 1.82) is 0 Å². The van der Waals surface area contributed by atoms with Gasteiger partial charge in [-0.25, -0.2) is 9.98 Å². The highest BCUT2D eigenvalue weighted by Gasteiger charge is 2.06. The molecule has 0 atom stereocenters. The van der Waals surface area contributed by atoms with Crippen molar-refractivity contribution in [3.8, 4) is 0 Å². The van der Waals surface area contributed by atoms with E-state index in [1.165, 1.54) is 0 Å². The van der Waals surface area contributed by atoms with Crippen molar-refractivity contribution >= 4 is 47.2 Å².